The summed E-state index contributed by atoms with van der Waals surface area (Å²) in [6, 6.07) is 19.5. The lowest BCUT2D eigenvalue weighted by Gasteiger charge is -2.13. The van der Waals surface area contributed by atoms with Crippen molar-refractivity contribution in [3.05, 3.63) is 81.5 Å². The van der Waals surface area contributed by atoms with Crippen molar-refractivity contribution in [3.63, 3.8) is 0 Å². The van der Waals surface area contributed by atoms with Crippen molar-refractivity contribution in [2.45, 2.75) is 156 Å². The second-order valence-electron chi connectivity index (χ2n) is 16.5. The molecule has 0 atom stereocenters. The van der Waals surface area contributed by atoms with E-state index in [1.165, 1.54) is 179 Å². The van der Waals surface area contributed by atoms with Gasteiger partial charge in [-0.15, -0.1) is 68.0 Å². The number of hydrogen-bond acceptors (Lipinski definition) is 6. The number of fused-ring (bicyclic) bond motifs is 6. The van der Waals surface area contributed by atoms with Crippen LogP contribution in [0.1, 0.15) is 153 Å². The van der Waals surface area contributed by atoms with Crippen LogP contribution in [0.3, 0.4) is 0 Å². The second-order valence-corrected chi connectivity index (χ2v) is 22.6. The number of aryl methyl sites for hydroxylation is 4. The molecule has 0 N–H and O–H groups in total. The highest BCUT2D eigenvalue weighted by Gasteiger charge is 2.22. The molecule has 2 aromatic carbocycles. The minimum absolute atomic E-state index is 1.22. The van der Waals surface area contributed by atoms with E-state index in [2.05, 4.69) is 110 Å². The van der Waals surface area contributed by atoms with Crippen LogP contribution in [0.25, 0.3) is 69.6 Å². The number of hydrogen-bond donors (Lipinski definition) is 0. The van der Waals surface area contributed by atoms with Crippen LogP contribution in [0.2, 0.25) is 0 Å². The Morgan fingerprint density at radius 1 is 0.310 bits per heavy atom. The molecule has 8 rings (SSSR count). The van der Waals surface area contributed by atoms with Gasteiger partial charge in [0.05, 0.1) is 0 Å². The van der Waals surface area contributed by atoms with Crippen molar-refractivity contribution in [1.29, 1.82) is 0 Å². The summed E-state index contributed by atoms with van der Waals surface area (Å²) < 4.78 is 6.25. The molecule has 6 aromatic heterocycles. The van der Waals surface area contributed by atoms with Gasteiger partial charge < -0.3 is 0 Å². The predicted molar refractivity (Wildman–Crippen MR) is 271 cm³/mol. The fraction of sp³-hybridized carbons (Fsp3) is 0.462. The van der Waals surface area contributed by atoms with Crippen molar-refractivity contribution in [2.75, 3.05) is 0 Å². The van der Waals surface area contributed by atoms with Crippen molar-refractivity contribution in [3.8, 4) is 29.3 Å². The normalized spacial score (nSPS) is 12.1. The molecule has 0 nitrogen and oxygen atoms in total. The van der Waals surface area contributed by atoms with Gasteiger partial charge in [0.2, 0.25) is 0 Å². The molecule has 0 aliphatic rings. The smallest absolute Gasteiger partial charge is 0.0455 e. The number of thiophene rings is 6. The van der Waals surface area contributed by atoms with Crippen molar-refractivity contribution >= 4 is 108 Å². The Hall–Kier alpha value is -2.32. The largest absolute Gasteiger partial charge is 0.143 e. The van der Waals surface area contributed by atoms with E-state index < -0.39 is 0 Å². The molecule has 0 saturated heterocycles. The van der Waals surface area contributed by atoms with Gasteiger partial charge in [-0.2, -0.15) is 0 Å². The molecule has 0 spiro atoms. The first kappa shape index (κ1) is 42.4. The molecule has 0 aliphatic heterocycles. The topological polar surface area (TPSA) is 0 Å². The van der Waals surface area contributed by atoms with E-state index in [-0.39, 0.29) is 0 Å². The number of unbranched alkanes of at least 4 members (excludes halogenated alkanes) is 12. The molecule has 0 unspecified atom stereocenters. The fourth-order valence-electron chi connectivity index (χ4n) is 9.11. The maximum absolute atomic E-state index is 2.54. The molecular weight excluding hydrogens is 817 g/mol. The third kappa shape index (κ3) is 9.14. The van der Waals surface area contributed by atoms with Crippen LogP contribution in [0.4, 0.5) is 0 Å². The first-order valence-corrected chi connectivity index (χ1v) is 27.8. The van der Waals surface area contributed by atoms with Crippen LogP contribution >= 0.6 is 68.0 Å². The molecular formula is C52H62S6. The van der Waals surface area contributed by atoms with Gasteiger partial charge in [0.15, 0.2) is 0 Å². The first-order valence-electron chi connectivity index (χ1n) is 22.7. The number of rotatable bonds is 23. The lowest BCUT2D eigenvalue weighted by molar-refractivity contribution is 0.654. The van der Waals surface area contributed by atoms with Crippen LogP contribution in [-0.2, 0) is 25.7 Å². The molecule has 8 aromatic rings. The number of benzene rings is 2. The first-order chi connectivity index (χ1) is 28.6. The Kier molecular flexibility index (Phi) is 15.0. The molecule has 6 heteroatoms. The molecule has 306 valence electrons. The summed E-state index contributed by atoms with van der Waals surface area (Å²) in [5.41, 5.74) is 6.68. The van der Waals surface area contributed by atoms with E-state index in [1.807, 2.05) is 45.3 Å². The summed E-state index contributed by atoms with van der Waals surface area (Å²) in [5, 5.41) is 10.6. The van der Waals surface area contributed by atoms with Crippen LogP contribution in [-0.4, -0.2) is 0 Å². The molecule has 0 aliphatic carbocycles. The van der Waals surface area contributed by atoms with Gasteiger partial charge in [0.1, 0.15) is 0 Å². The predicted octanol–water partition coefficient (Wildman–Crippen LogP) is 20.2. The maximum atomic E-state index is 2.54. The van der Waals surface area contributed by atoms with E-state index in [9.17, 15) is 0 Å². The monoisotopic (exact) mass is 878 g/mol. The average molecular weight is 879 g/mol. The fourth-order valence-corrected chi connectivity index (χ4v) is 15.9. The summed E-state index contributed by atoms with van der Waals surface area (Å²) in [4.78, 5) is 8.50. The summed E-state index contributed by atoms with van der Waals surface area (Å²) in [5.74, 6) is 0. The Balaban J connectivity index is 1.10. The maximum Gasteiger partial charge on any atom is 0.0455 e. The third-order valence-corrected chi connectivity index (χ3v) is 19.4. The van der Waals surface area contributed by atoms with Gasteiger partial charge in [-0.05, 0) is 133 Å². The quantitative estimate of drug-likeness (QED) is 0.0562. The summed E-state index contributed by atoms with van der Waals surface area (Å²) in [6.45, 7) is 9.31. The summed E-state index contributed by atoms with van der Waals surface area (Å²) in [7, 11) is 0. The molecule has 0 saturated carbocycles. The van der Waals surface area contributed by atoms with Crippen molar-refractivity contribution in [1.82, 2.24) is 0 Å². The van der Waals surface area contributed by atoms with Gasteiger partial charge in [-0.1, -0.05) is 105 Å². The minimum Gasteiger partial charge on any atom is -0.143 e. The van der Waals surface area contributed by atoms with Crippen LogP contribution < -0.4 is 0 Å². The van der Waals surface area contributed by atoms with E-state index in [4.69, 9.17) is 0 Å². The van der Waals surface area contributed by atoms with E-state index in [0.29, 0.717) is 0 Å². The Labute approximate surface area is 372 Å². The van der Waals surface area contributed by atoms with E-state index in [0.717, 1.165) is 0 Å². The van der Waals surface area contributed by atoms with Gasteiger partial charge in [-0.3, -0.25) is 0 Å². The molecule has 0 amide bonds. The van der Waals surface area contributed by atoms with Gasteiger partial charge >= 0.3 is 0 Å². The highest BCUT2D eigenvalue weighted by molar-refractivity contribution is 7.30. The zero-order valence-corrected chi connectivity index (χ0v) is 40.3. The highest BCUT2D eigenvalue weighted by atomic mass is 32.1. The molecule has 0 bridgehead atoms. The standard InChI is InChI=1S/C52H62S6/c1-5-9-13-17-21-35-37(23-19-15-11-7-3)51-41(39-29-31-53-49(35)39)33-47(57-51)45-27-25-43(55-45)44-26-28-46(56-44)48-34-42-40-30-32-54-50(40)36(22-18-14-10-6-2)38(52(42)58-48)24-20-16-12-8-4/h25-34H,5-24H2,1-4H3. The third-order valence-electron chi connectivity index (χ3n) is 12.3. The minimum atomic E-state index is 1.22. The van der Waals surface area contributed by atoms with E-state index in [1.54, 1.807) is 41.1 Å². The van der Waals surface area contributed by atoms with Crippen molar-refractivity contribution < 1.29 is 0 Å². The van der Waals surface area contributed by atoms with Crippen LogP contribution in [0.5, 0.6) is 0 Å². The van der Waals surface area contributed by atoms with Crippen LogP contribution in [0.15, 0.2) is 59.3 Å². The van der Waals surface area contributed by atoms with Gasteiger partial charge in [-0.25, -0.2) is 0 Å². The second kappa shape index (κ2) is 20.5. The zero-order chi connectivity index (χ0) is 39.8. The lowest BCUT2D eigenvalue weighted by Crippen LogP contribution is -1.97. The molecule has 58 heavy (non-hydrogen) atoms. The van der Waals surface area contributed by atoms with Crippen LogP contribution in [0, 0.1) is 0 Å². The lowest BCUT2D eigenvalue weighted by atomic mass is 9.93. The molecule has 0 radical (unpaired) electrons. The molecule has 6 heterocycles. The van der Waals surface area contributed by atoms with E-state index >= 15 is 0 Å². The Bertz CT molecular complexity index is 2360. The summed E-state index contributed by atoms with van der Waals surface area (Å²) in [6.07, 6.45) is 26.0. The Morgan fingerprint density at radius 3 is 0.983 bits per heavy atom. The van der Waals surface area contributed by atoms with Gasteiger partial charge in [0.25, 0.3) is 0 Å². The average Bonchev–Trinajstić information content (AvgIpc) is 4.09. The summed E-state index contributed by atoms with van der Waals surface area (Å²) >= 11 is 12.1. The SMILES string of the molecule is CCCCCCc1c(CCCCCC)c2sc(-c3ccc(-c4ccc(-c5cc6c(s5)c(CCCCCC)c(CCCCCC)c5sccc56)s4)s3)cc2c2ccsc12. The van der Waals surface area contributed by atoms with Crippen molar-refractivity contribution in [2.24, 2.45) is 0 Å². The molecule has 0 fully saturated rings. The Morgan fingerprint density at radius 2 is 0.638 bits per heavy atom. The van der Waals surface area contributed by atoms with Gasteiger partial charge in [0, 0.05) is 69.6 Å². The zero-order valence-electron chi connectivity index (χ0n) is 35.4. The highest BCUT2D eigenvalue weighted by Crippen LogP contribution is 2.49.